The first kappa shape index (κ1) is 18.1. The van der Waals surface area contributed by atoms with Gasteiger partial charge in [0.1, 0.15) is 12.2 Å². The standard InChI is InChI=1S/C18H26ClN3O/c1-3-22(11-12-23)10-4-5-14(2)21-17-8-9-20-18-13-15(19)6-7-16(17)18/h6-9,13-14,23H,3-5,10-12H2,1-2H3,(H,20,21)/p+2. The molecule has 0 aliphatic heterocycles. The van der Waals surface area contributed by atoms with Gasteiger partial charge in [-0.05, 0) is 32.0 Å². The van der Waals surface area contributed by atoms with E-state index < -0.39 is 0 Å². The molecule has 0 saturated heterocycles. The third-order valence-corrected chi connectivity index (χ3v) is 4.59. The van der Waals surface area contributed by atoms with Crippen LogP contribution in [0.2, 0.25) is 5.02 Å². The molecule has 1 aromatic heterocycles. The van der Waals surface area contributed by atoms with Crippen LogP contribution in [-0.2, 0) is 0 Å². The number of nitrogens with one attached hydrogen (secondary N) is 1. The second-order valence-electron chi connectivity index (χ2n) is 6.17. The van der Waals surface area contributed by atoms with Gasteiger partial charge in [0.05, 0.1) is 36.6 Å². The van der Waals surface area contributed by atoms with Crippen LogP contribution in [0.1, 0.15) is 26.7 Å². The number of rotatable bonds is 9. The lowest BCUT2D eigenvalue weighted by atomic mass is 10.1. The van der Waals surface area contributed by atoms with Crippen molar-refractivity contribution >= 4 is 28.2 Å². The summed E-state index contributed by atoms with van der Waals surface area (Å²) in [5.74, 6) is 0. The summed E-state index contributed by atoms with van der Waals surface area (Å²) in [7, 11) is 0. The Hall–Kier alpha value is -1.20. The van der Waals surface area contributed by atoms with Gasteiger partial charge in [-0.15, -0.1) is 0 Å². The maximum absolute atomic E-state index is 9.05. The number of quaternary nitrogens is 2. The fraction of sp³-hybridized carbons (Fsp3) is 0.500. The van der Waals surface area contributed by atoms with Crippen LogP contribution in [0.15, 0.2) is 30.5 Å². The molecule has 0 bridgehead atoms. The number of likely N-dealkylation sites (N-methyl/N-ethyl adjacent to an activating group) is 1. The van der Waals surface area contributed by atoms with Crippen molar-refractivity contribution in [3.63, 3.8) is 0 Å². The van der Waals surface area contributed by atoms with Crippen molar-refractivity contribution in [1.82, 2.24) is 4.98 Å². The second kappa shape index (κ2) is 9.18. The van der Waals surface area contributed by atoms with E-state index in [4.69, 9.17) is 16.7 Å². The molecule has 1 heterocycles. The van der Waals surface area contributed by atoms with Gasteiger partial charge in [0.2, 0.25) is 0 Å². The SMILES string of the molecule is CC[NH+](CCO)CCCC(C)[NH2+]c1ccnc2cc(Cl)ccc12. The number of benzene rings is 1. The van der Waals surface area contributed by atoms with Crippen LogP contribution in [0.4, 0.5) is 5.69 Å². The Morgan fingerprint density at radius 2 is 2.13 bits per heavy atom. The van der Waals surface area contributed by atoms with E-state index in [1.165, 1.54) is 17.0 Å². The molecule has 2 atom stereocenters. The van der Waals surface area contributed by atoms with Crippen LogP contribution in [0.5, 0.6) is 0 Å². The van der Waals surface area contributed by atoms with Gasteiger partial charge >= 0.3 is 0 Å². The number of aromatic nitrogens is 1. The van der Waals surface area contributed by atoms with Gasteiger partial charge in [0, 0.05) is 30.1 Å². The summed E-state index contributed by atoms with van der Waals surface area (Å²) in [5, 5.41) is 13.3. The Morgan fingerprint density at radius 1 is 1.30 bits per heavy atom. The van der Waals surface area contributed by atoms with Gasteiger partial charge < -0.3 is 15.3 Å². The number of fused-ring (bicyclic) bond motifs is 1. The smallest absolute Gasteiger partial charge is 0.140 e. The molecule has 5 heteroatoms. The van der Waals surface area contributed by atoms with Gasteiger partial charge in [-0.25, -0.2) is 0 Å². The van der Waals surface area contributed by atoms with E-state index >= 15 is 0 Å². The van der Waals surface area contributed by atoms with Crippen molar-refractivity contribution in [3.8, 4) is 0 Å². The van der Waals surface area contributed by atoms with Crippen molar-refractivity contribution < 1.29 is 15.3 Å². The molecule has 0 amide bonds. The summed E-state index contributed by atoms with van der Waals surface area (Å²) < 4.78 is 0. The van der Waals surface area contributed by atoms with Crippen molar-refractivity contribution in [2.24, 2.45) is 0 Å². The Morgan fingerprint density at radius 3 is 2.87 bits per heavy atom. The largest absolute Gasteiger partial charge is 0.391 e. The first-order chi connectivity index (χ1) is 11.1. The minimum atomic E-state index is 0.274. The second-order valence-corrected chi connectivity index (χ2v) is 6.61. The van der Waals surface area contributed by atoms with Crippen LogP contribution < -0.4 is 10.2 Å². The molecule has 2 unspecified atom stereocenters. The molecule has 0 saturated carbocycles. The van der Waals surface area contributed by atoms with E-state index in [1.807, 2.05) is 24.4 Å². The quantitative estimate of drug-likeness (QED) is 0.643. The van der Waals surface area contributed by atoms with Crippen molar-refractivity contribution in [2.75, 3.05) is 26.2 Å². The molecule has 4 N–H and O–H groups in total. The average Bonchev–Trinajstić information content (AvgIpc) is 2.54. The summed E-state index contributed by atoms with van der Waals surface area (Å²) in [6, 6.07) is 8.47. The summed E-state index contributed by atoms with van der Waals surface area (Å²) in [4.78, 5) is 5.87. The molecule has 0 spiro atoms. The molecule has 1 aromatic carbocycles. The lowest BCUT2D eigenvalue weighted by Gasteiger charge is -2.17. The Kier molecular flexibility index (Phi) is 7.24. The number of nitrogens with zero attached hydrogens (tertiary/aromatic N) is 1. The van der Waals surface area contributed by atoms with E-state index in [2.05, 4.69) is 30.2 Å². The Balaban J connectivity index is 1.91. The summed E-state index contributed by atoms with van der Waals surface area (Å²) in [6.07, 6.45) is 4.18. The van der Waals surface area contributed by atoms with Crippen LogP contribution in [0.25, 0.3) is 10.9 Å². The van der Waals surface area contributed by atoms with E-state index in [1.54, 1.807) is 0 Å². The number of halogens is 1. The van der Waals surface area contributed by atoms with Crippen LogP contribution >= 0.6 is 11.6 Å². The van der Waals surface area contributed by atoms with Gasteiger partial charge in [-0.2, -0.15) is 0 Å². The molecular formula is C18H28ClN3O+2. The molecule has 4 nitrogen and oxygen atoms in total. The molecular weight excluding hydrogens is 310 g/mol. The molecule has 0 aliphatic rings. The third kappa shape index (κ3) is 5.43. The van der Waals surface area contributed by atoms with Gasteiger partial charge in [0.15, 0.2) is 0 Å². The maximum Gasteiger partial charge on any atom is 0.140 e. The Bertz CT molecular complexity index is 620. The molecule has 2 rings (SSSR count). The first-order valence-corrected chi connectivity index (χ1v) is 8.85. The highest BCUT2D eigenvalue weighted by molar-refractivity contribution is 6.31. The van der Waals surface area contributed by atoms with Crippen LogP contribution in [0.3, 0.4) is 0 Å². The number of hydrogen-bond acceptors (Lipinski definition) is 2. The minimum absolute atomic E-state index is 0.274. The number of aliphatic hydroxyl groups is 1. The lowest BCUT2D eigenvalue weighted by Crippen LogP contribution is -3.12. The van der Waals surface area contributed by atoms with Crippen molar-refractivity contribution in [3.05, 3.63) is 35.5 Å². The van der Waals surface area contributed by atoms with E-state index in [0.717, 1.165) is 42.0 Å². The van der Waals surface area contributed by atoms with Crippen molar-refractivity contribution in [2.45, 2.75) is 32.7 Å². The molecule has 0 radical (unpaired) electrons. The fourth-order valence-electron chi connectivity index (χ4n) is 2.99. The van der Waals surface area contributed by atoms with Crippen LogP contribution in [0, 0.1) is 0 Å². The summed E-state index contributed by atoms with van der Waals surface area (Å²) in [6.45, 7) is 7.77. The molecule has 126 valence electrons. The highest BCUT2D eigenvalue weighted by Gasteiger charge is 2.12. The highest BCUT2D eigenvalue weighted by atomic mass is 35.5. The lowest BCUT2D eigenvalue weighted by molar-refractivity contribution is -0.899. The predicted molar refractivity (Wildman–Crippen MR) is 95.4 cm³/mol. The zero-order valence-electron chi connectivity index (χ0n) is 14.1. The maximum atomic E-state index is 9.05. The van der Waals surface area contributed by atoms with E-state index in [0.29, 0.717) is 6.04 Å². The third-order valence-electron chi connectivity index (χ3n) is 4.36. The average molecular weight is 338 g/mol. The van der Waals surface area contributed by atoms with Gasteiger partial charge in [0.25, 0.3) is 0 Å². The summed E-state index contributed by atoms with van der Waals surface area (Å²) in [5.41, 5.74) is 2.18. The molecule has 0 aliphatic carbocycles. The topological polar surface area (TPSA) is 54.2 Å². The van der Waals surface area contributed by atoms with Crippen molar-refractivity contribution in [1.29, 1.82) is 0 Å². The van der Waals surface area contributed by atoms with Gasteiger partial charge in [-0.1, -0.05) is 11.6 Å². The zero-order valence-corrected chi connectivity index (χ0v) is 14.8. The van der Waals surface area contributed by atoms with Gasteiger partial charge in [-0.3, -0.25) is 4.98 Å². The number of nitrogens with two attached hydrogens (primary N) is 1. The van der Waals surface area contributed by atoms with E-state index in [9.17, 15) is 0 Å². The fourth-order valence-corrected chi connectivity index (χ4v) is 3.16. The minimum Gasteiger partial charge on any atom is -0.391 e. The normalized spacial score (nSPS) is 14.1. The number of hydrogen-bond donors (Lipinski definition) is 3. The molecule has 0 fully saturated rings. The number of aliphatic hydroxyl groups excluding tert-OH is 1. The predicted octanol–water partition coefficient (Wildman–Crippen LogP) is 1.15. The van der Waals surface area contributed by atoms with Crippen LogP contribution in [-0.4, -0.2) is 42.4 Å². The first-order valence-electron chi connectivity index (χ1n) is 8.47. The molecule has 23 heavy (non-hydrogen) atoms. The molecule has 2 aromatic rings. The number of pyridine rings is 1. The monoisotopic (exact) mass is 337 g/mol. The Labute approximate surface area is 143 Å². The highest BCUT2D eigenvalue weighted by Crippen LogP contribution is 2.21. The zero-order chi connectivity index (χ0) is 16.7. The van der Waals surface area contributed by atoms with E-state index in [-0.39, 0.29) is 6.61 Å². The summed E-state index contributed by atoms with van der Waals surface area (Å²) >= 11 is 6.04.